The Morgan fingerprint density at radius 2 is 2.00 bits per heavy atom. The molecule has 1 N–H and O–H groups in total. The molecule has 2 aliphatic rings. The Morgan fingerprint density at radius 3 is 2.62 bits per heavy atom. The maximum Gasteiger partial charge on any atom is 0.292 e. The van der Waals surface area contributed by atoms with Crippen LogP contribution in [0.15, 0.2) is 22.7 Å². The number of nitro benzene ring substituents is 1. The molecule has 0 radical (unpaired) electrons. The molecule has 2 saturated heterocycles. The van der Waals surface area contributed by atoms with Gasteiger partial charge in [-0.15, -0.1) is 0 Å². The number of hydrogen-bond donors (Lipinski definition) is 1. The van der Waals surface area contributed by atoms with Gasteiger partial charge in [-0.2, -0.15) is 0 Å². The highest BCUT2D eigenvalue weighted by Gasteiger charge is 2.36. The highest BCUT2D eigenvalue weighted by atomic mass is 79.9. The molecule has 2 fully saturated rings. The molecule has 6 heteroatoms. The van der Waals surface area contributed by atoms with Crippen molar-refractivity contribution < 1.29 is 4.92 Å². The molecule has 21 heavy (non-hydrogen) atoms. The van der Waals surface area contributed by atoms with E-state index in [9.17, 15) is 10.1 Å². The maximum absolute atomic E-state index is 11.2. The molecule has 2 bridgehead atoms. The topological polar surface area (TPSA) is 58.4 Å². The fraction of sp³-hybridized carbons (Fsp3) is 0.600. The van der Waals surface area contributed by atoms with Crippen molar-refractivity contribution in [3.8, 4) is 0 Å². The number of rotatable bonds is 3. The maximum atomic E-state index is 11.2. The van der Waals surface area contributed by atoms with E-state index >= 15 is 0 Å². The van der Waals surface area contributed by atoms with E-state index in [1.807, 2.05) is 6.07 Å². The van der Waals surface area contributed by atoms with E-state index in [4.69, 9.17) is 0 Å². The molecule has 2 aliphatic heterocycles. The van der Waals surface area contributed by atoms with Gasteiger partial charge in [0, 0.05) is 28.7 Å². The van der Waals surface area contributed by atoms with Crippen LogP contribution >= 0.6 is 15.9 Å². The second-order valence-electron chi connectivity index (χ2n) is 6.14. The Bertz CT molecular complexity index is 538. The second kappa shape index (κ2) is 5.93. The molecule has 2 unspecified atom stereocenters. The number of piperidine rings is 2. The smallest absolute Gasteiger partial charge is 0.292 e. The summed E-state index contributed by atoms with van der Waals surface area (Å²) in [4.78, 5) is 13.3. The summed E-state index contributed by atoms with van der Waals surface area (Å²) in [5, 5.41) is 14.6. The van der Waals surface area contributed by atoms with Crippen LogP contribution in [0.25, 0.3) is 0 Å². The van der Waals surface area contributed by atoms with Crippen LogP contribution < -0.4 is 5.32 Å². The van der Waals surface area contributed by atoms with Crippen molar-refractivity contribution >= 4 is 27.3 Å². The Kier molecular flexibility index (Phi) is 4.17. The SMILES string of the molecule is CN1C2CCCC1CC(Nc1cc(Br)ccc1[N+](=O)[O-])C2. The van der Waals surface area contributed by atoms with Gasteiger partial charge in [0.05, 0.1) is 4.92 Å². The standard InChI is InChI=1S/C15H20BrN3O2/c1-18-12-3-2-4-13(18)9-11(8-12)17-14-7-10(16)5-6-15(14)19(20)21/h5-7,11-13,17H,2-4,8-9H2,1H3. The lowest BCUT2D eigenvalue weighted by Gasteiger charge is -2.47. The summed E-state index contributed by atoms with van der Waals surface area (Å²) in [5.74, 6) is 0. The second-order valence-corrected chi connectivity index (χ2v) is 7.05. The minimum Gasteiger partial charge on any atom is -0.377 e. The zero-order valence-electron chi connectivity index (χ0n) is 12.1. The normalized spacial score (nSPS) is 29.1. The lowest BCUT2D eigenvalue weighted by Crippen LogP contribution is -2.52. The third-order valence-electron chi connectivity index (χ3n) is 4.85. The van der Waals surface area contributed by atoms with Gasteiger partial charge in [0.25, 0.3) is 5.69 Å². The van der Waals surface area contributed by atoms with Crippen LogP contribution in [0.2, 0.25) is 0 Å². The van der Waals surface area contributed by atoms with Crippen molar-refractivity contribution in [1.82, 2.24) is 4.90 Å². The molecule has 5 nitrogen and oxygen atoms in total. The van der Waals surface area contributed by atoms with Gasteiger partial charge in [-0.3, -0.25) is 10.1 Å². The van der Waals surface area contributed by atoms with E-state index in [0.29, 0.717) is 23.8 Å². The van der Waals surface area contributed by atoms with Gasteiger partial charge in [0.1, 0.15) is 5.69 Å². The molecule has 114 valence electrons. The van der Waals surface area contributed by atoms with E-state index < -0.39 is 0 Å². The fourth-order valence-corrected chi connectivity index (χ4v) is 4.10. The molecule has 2 atom stereocenters. The average molecular weight is 354 g/mol. The van der Waals surface area contributed by atoms with Crippen molar-refractivity contribution in [2.24, 2.45) is 0 Å². The molecular weight excluding hydrogens is 334 g/mol. The van der Waals surface area contributed by atoms with Crippen LogP contribution in [0, 0.1) is 10.1 Å². The quantitative estimate of drug-likeness (QED) is 0.663. The van der Waals surface area contributed by atoms with E-state index in [1.54, 1.807) is 12.1 Å². The molecule has 2 heterocycles. The molecule has 0 saturated carbocycles. The summed E-state index contributed by atoms with van der Waals surface area (Å²) in [7, 11) is 2.21. The Hall–Kier alpha value is -1.14. The van der Waals surface area contributed by atoms with Gasteiger partial charge in [-0.1, -0.05) is 22.4 Å². The molecule has 0 aromatic heterocycles. The minimum absolute atomic E-state index is 0.155. The third-order valence-corrected chi connectivity index (χ3v) is 5.35. The zero-order chi connectivity index (χ0) is 15.0. The summed E-state index contributed by atoms with van der Waals surface area (Å²) in [6.07, 6.45) is 5.92. The predicted molar refractivity (Wildman–Crippen MR) is 86.6 cm³/mol. The van der Waals surface area contributed by atoms with Crippen LogP contribution in [0.5, 0.6) is 0 Å². The third kappa shape index (κ3) is 3.06. The minimum atomic E-state index is -0.315. The van der Waals surface area contributed by atoms with E-state index in [0.717, 1.165) is 17.3 Å². The number of nitrogens with one attached hydrogen (secondary N) is 1. The molecule has 1 aromatic carbocycles. The first-order valence-electron chi connectivity index (χ1n) is 7.47. The van der Waals surface area contributed by atoms with Crippen molar-refractivity contribution in [2.45, 2.75) is 50.2 Å². The molecular formula is C15H20BrN3O2. The summed E-state index contributed by atoms with van der Waals surface area (Å²) < 4.78 is 0.865. The van der Waals surface area contributed by atoms with E-state index in [-0.39, 0.29) is 10.6 Å². The summed E-state index contributed by atoms with van der Waals surface area (Å²) in [6, 6.07) is 6.63. The Balaban J connectivity index is 1.78. The van der Waals surface area contributed by atoms with Crippen molar-refractivity contribution in [3.63, 3.8) is 0 Å². The zero-order valence-corrected chi connectivity index (χ0v) is 13.7. The first-order chi connectivity index (χ1) is 10.0. The Labute approximate surface area is 133 Å². The lowest BCUT2D eigenvalue weighted by molar-refractivity contribution is -0.384. The Morgan fingerprint density at radius 1 is 1.33 bits per heavy atom. The number of anilines is 1. The highest BCUT2D eigenvalue weighted by Crippen LogP contribution is 2.36. The number of nitrogens with zero attached hydrogens (tertiary/aromatic N) is 2. The lowest BCUT2D eigenvalue weighted by atomic mass is 9.82. The van der Waals surface area contributed by atoms with Crippen molar-refractivity contribution in [3.05, 3.63) is 32.8 Å². The van der Waals surface area contributed by atoms with E-state index in [2.05, 4.69) is 33.2 Å². The predicted octanol–water partition coefficient (Wildman–Crippen LogP) is 3.78. The van der Waals surface area contributed by atoms with Crippen LogP contribution in [-0.2, 0) is 0 Å². The molecule has 3 rings (SSSR count). The first kappa shape index (κ1) is 14.8. The van der Waals surface area contributed by atoms with Crippen LogP contribution in [-0.4, -0.2) is 35.0 Å². The average Bonchev–Trinajstić information content (AvgIpc) is 2.39. The number of halogens is 1. The van der Waals surface area contributed by atoms with E-state index in [1.165, 1.54) is 19.3 Å². The number of nitro groups is 1. The molecule has 0 amide bonds. The number of fused-ring (bicyclic) bond motifs is 2. The molecule has 1 aromatic rings. The van der Waals surface area contributed by atoms with Gasteiger partial charge in [-0.05, 0) is 44.9 Å². The largest absolute Gasteiger partial charge is 0.377 e. The van der Waals surface area contributed by atoms with Crippen LogP contribution in [0.4, 0.5) is 11.4 Å². The first-order valence-corrected chi connectivity index (χ1v) is 8.26. The van der Waals surface area contributed by atoms with Crippen molar-refractivity contribution in [2.75, 3.05) is 12.4 Å². The van der Waals surface area contributed by atoms with Gasteiger partial charge < -0.3 is 10.2 Å². The number of benzene rings is 1. The monoisotopic (exact) mass is 353 g/mol. The van der Waals surface area contributed by atoms with Crippen molar-refractivity contribution in [1.29, 1.82) is 0 Å². The highest BCUT2D eigenvalue weighted by molar-refractivity contribution is 9.10. The summed E-state index contributed by atoms with van der Waals surface area (Å²) in [6.45, 7) is 0. The van der Waals surface area contributed by atoms with Gasteiger partial charge in [-0.25, -0.2) is 0 Å². The summed E-state index contributed by atoms with van der Waals surface area (Å²) in [5.41, 5.74) is 0.782. The van der Waals surface area contributed by atoms with Gasteiger partial charge >= 0.3 is 0 Å². The molecule has 0 aliphatic carbocycles. The molecule has 0 spiro atoms. The fourth-order valence-electron chi connectivity index (χ4n) is 3.74. The van der Waals surface area contributed by atoms with Gasteiger partial charge in [0.2, 0.25) is 0 Å². The number of hydrogen-bond acceptors (Lipinski definition) is 4. The van der Waals surface area contributed by atoms with Crippen LogP contribution in [0.3, 0.4) is 0 Å². The van der Waals surface area contributed by atoms with Crippen LogP contribution in [0.1, 0.15) is 32.1 Å². The van der Waals surface area contributed by atoms with Gasteiger partial charge in [0.15, 0.2) is 0 Å². The summed E-state index contributed by atoms with van der Waals surface area (Å²) >= 11 is 3.40.